The fraction of sp³-hybridized carbons (Fsp3) is 0.667. The fourth-order valence-electron chi connectivity index (χ4n) is 2.07. The van der Waals surface area contributed by atoms with E-state index in [1.807, 2.05) is 0 Å². The highest BCUT2D eigenvalue weighted by Gasteiger charge is 2.18. The zero-order chi connectivity index (χ0) is 12.3. The van der Waals surface area contributed by atoms with Crippen LogP contribution in [0.5, 0.6) is 0 Å². The van der Waals surface area contributed by atoms with E-state index in [9.17, 15) is 0 Å². The van der Waals surface area contributed by atoms with Gasteiger partial charge in [-0.2, -0.15) is 0 Å². The standard InChI is InChI=1S/C12H18BrN3O/c1-2-4-9-11(13)12(14)16-10(15-9)7-8-5-3-6-17-8/h8H,2-7H2,1H3,(H2,14,15,16). The van der Waals surface area contributed by atoms with Crippen molar-refractivity contribution in [2.45, 2.75) is 45.1 Å². The fourth-order valence-corrected chi connectivity index (χ4v) is 2.44. The number of halogens is 1. The number of nitrogens with two attached hydrogens (primary N) is 1. The maximum Gasteiger partial charge on any atom is 0.141 e. The van der Waals surface area contributed by atoms with Gasteiger partial charge in [-0.1, -0.05) is 13.3 Å². The van der Waals surface area contributed by atoms with Crippen molar-refractivity contribution < 1.29 is 4.74 Å². The second-order valence-corrected chi connectivity index (χ2v) is 5.17. The van der Waals surface area contributed by atoms with Crippen molar-refractivity contribution in [1.82, 2.24) is 9.97 Å². The second-order valence-electron chi connectivity index (χ2n) is 4.37. The van der Waals surface area contributed by atoms with Gasteiger partial charge in [0.1, 0.15) is 11.6 Å². The number of nitrogens with zero attached hydrogens (tertiary/aromatic N) is 2. The Labute approximate surface area is 110 Å². The summed E-state index contributed by atoms with van der Waals surface area (Å²) in [5, 5.41) is 0. The number of aromatic nitrogens is 2. The van der Waals surface area contributed by atoms with E-state index in [1.54, 1.807) is 0 Å². The number of ether oxygens (including phenoxy) is 1. The first-order valence-electron chi connectivity index (χ1n) is 6.13. The van der Waals surface area contributed by atoms with Crippen LogP contribution in [0.3, 0.4) is 0 Å². The summed E-state index contributed by atoms with van der Waals surface area (Å²) in [6.07, 6.45) is 5.25. The summed E-state index contributed by atoms with van der Waals surface area (Å²) >= 11 is 3.45. The first-order valence-corrected chi connectivity index (χ1v) is 6.92. The number of anilines is 1. The first kappa shape index (κ1) is 12.8. The molecule has 0 amide bonds. The minimum atomic E-state index is 0.269. The van der Waals surface area contributed by atoms with E-state index in [0.29, 0.717) is 5.82 Å². The molecular formula is C12H18BrN3O. The summed E-state index contributed by atoms with van der Waals surface area (Å²) in [5.41, 5.74) is 6.89. The van der Waals surface area contributed by atoms with Crippen LogP contribution in [0.4, 0.5) is 5.82 Å². The zero-order valence-electron chi connectivity index (χ0n) is 10.1. The van der Waals surface area contributed by atoms with Gasteiger partial charge < -0.3 is 10.5 Å². The Kier molecular flexibility index (Phi) is 4.34. The lowest BCUT2D eigenvalue weighted by Crippen LogP contribution is -2.14. The monoisotopic (exact) mass is 299 g/mol. The van der Waals surface area contributed by atoms with Gasteiger partial charge >= 0.3 is 0 Å². The van der Waals surface area contributed by atoms with Crippen LogP contribution in [0, 0.1) is 0 Å². The third kappa shape index (κ3) is 3.16. The Bertz CT molecular complexity index is 392. The number of nitrogen functional groups attached to an aromatic ring is 1. The van der Waals surface area contributed by atoms with E-state index in [0.717, 1.165) is 54.7 Å². The summed E-state index contributed by atoms with van der Waals surface area (Å²) < 4.78 is 6.44. The smallest absolute Gasteiger partial charge is 0.141 e. The van der Waals surface area contributed by atoms with E-state index < -0.39 is 0 Å². The van der Waals surface area contributed by atoms with E-state index in [2.05, 4.69) is 32.8 Å². The van der Waals surface area contributed by atoms with Crippen molar-refractivity contribution in [3.8, 4) is 0 Å². The van der Waals surface area contributed by atoms with Gasteiger partial charge in [-0.15, -0.1) is 0 Å². The van der Waals surface area contributed by atoms with E-state index in [4.69, 9.17) is 10.5 Å². The van der Waals surface area contributed by atoms with Gasteiger partial charge in [0.2, 0.25) is 0 Å². The molecule has 0 radical (unpaired) electrons. The van der Waals surface area contributed by atoms with E-state index >= 15 is 0 Å². The lowest BCUT2D eigenvalue weighted by atomic mass is 10.1. The van der Waals surface area contributed by atoms with Crippen LogP contribution in [-0.4, -0.2) is 22.7 Å². The number of hydrogen-bond acceptors (Lipinski definition) is 4. The summed E-state index contributed by atoms with van der Waals surface area (Å²) in [6.45, 7) is 2.99. The summed E-state index contributed by atoms with van der Waals surface area (Å²) in [7, 11) is 0. The maximum absolute atomic E-state index is 5.89. The molecule has 0 bridgehead atoms. The highest BCUT2D eigenvalue weighted by molar-refractivity contribution is 9.10. The quantitative estimate of drug-likeness (QED) is 0.928. The molecule has 5 heteroatoms. The van der Waals surface area contributed by atoms with Crippen LogP contribution in [0.2, 0.25) is 0 Å². The average molecular weight is 300 g/mol. The Morgan fingerprint density at radius 3 is 2.94 bits per heavy atom. The third-order valence-corrected chi connectivity index (χ3v) is 3.78. The van der Waals surface area contributed by atoms with Crippen molar-refractivity contribution in [3.63, 3.8) is 0 Å². The van der Waals surface area contributed by atoms with Gasteiger partial charge in [0, 0.05) is 13.0 Å². The number of rotatable bonds is 4. The number of aryl methyl sites for hydroxylation is 1. The molecule has 1 fully saturated rings. The molecule has 1 saturated heterocycles. The number of hydrogen-bond donors (Lipinski definition) is 1. The molecule has 0 aliphatic carbocycles. The SMILES string of the molecule is CCCc1nc(CC2CCCO2)nc(N)c1Br. The molecule has 1 unspecified atom stereocenters. The third-order valence-electron chi connectivity index (χ3n) is 2.91. The van der Waals surface area contributed by atoms with Gasteiger partial charge in [0.05, 0.1) is 16.3 Å². The van der Waals surface area contributed by atoms with E-state index in [-0.39, 0.29) is 6.10 Å². The van der Waals surface area contributed by atoms with Crippen molar-refractivity contribution in [1.29, 1.82) is 0 Å². The Hall–Kier alpha value is -0.680. The molecule has 4 nitrogen and oxygen atoms in total. The van der Waals surface area contributed by atoms with Crippen LogP contribution >= 0.6 is 15.9 Å². The first-order chi connectivity index (χ1) is 8.20. The minimum absolute atomic E-state index is 0.269. The molecule has 0 aromatic carbocycles. The molecular weight excluding hydrogens is 282 g/mol. The molecule has 1 aromatic heterocycles. The predicted octanol–water partition coefficient (Wildman–Crippen LogP) is 2.50. The topological polar surface area (TPSA) is 61.0 Å². The highest BCUT2D eigenvalue weighted by Crippen LogP contribution is 2.23. The molecule has 2 rings (SSSR count). The van der Waals surface area contributed by atoms with Crippen molar-refractivity contribution in [2.24, 2.45) is 0 Å². The Morgan fingerprint density at radius 1 is 1.47 bits per heavy atom. The van der Waals surface area contributed by atoms with Crippen molar-refractivity contribution in [2.75, 3.05) is 12.3 Å². The zero-order valence-corrected chi connectivity index (χ0v) is 11.7. The normalized spacial score (nSPS) is 19.8. The van der Waals surface area contributed by atoms with Gasteiger partial charge in [0.25, 0.3) is 0 Å². The van der Waals surface area contributed by atoms with Gasteiger partial charge in [-0.05, 0) is 35.2 Å². The predicted molar refractivity (Wildman–Crippen MR) is 70.8 cm³/mol. The van der Waals surface area contributed by atoms with Gasteiger partial charge in [-0.3, -0.25) is 0 Å². The Balaban J connectivity index is 2.16. The van der Waals surface area contributed by atoms with E-state index in [1.165, 1.54) is 0 Å². The van der Waals surface area contributed by atoms with Crippen LogP contribution in [0.25, 0.3) is 0 Å². The largest absolute Gasteiger partial charge is 0.383 e. The molecule has 1 aliphatic heterocycles. The molecule has 2 heterocycles. The molecule has 0 saturated carbocycles. The molecule has 0 spiro atoms. The molecule has 17 heavy (non-hydrogen) atoms. The summed E-state index contributed by atoms with van der Waals surface area (Å²) in [5.74, 6) is 1.34. The van der Waals surface area contributed by atoms with Crippen LogP contribution in [-0.2, 0) is 17.6 Å². The average Bonchev–Trinajstić information content (AvgIpc) is 2.78. The molecule has 1 aromatic rings. The van der Waals surface area contributed by atoms with Crippen LogP contribution in [0.15, 0.2) is 4.47 Å². The highest BCUT2D eigenvalue weighted by atomic mass is 79.9. The van der Waals surface area contributed by atoms with Crippen LogP contribution in [0.1, 0.15) is 37.7 Å². The molecule has 2 N–H and O–H groups in total. The Morgan fingerprint density at radius 2 is 2.29 bits per heavy atom. The van der Waals surface area contributed by atoms with Crippen LogP contribution < -0.4 is 5.73 Å². The minimum Gasteiger partial charge on any atom is -0.383 e. The molecule has 1 aliphatic rings. The summed E-state index contributed by atoms with van der Waals surface area (Å²) in [6, 6.07) is 0. The van der Waals surface area contributed by atoms with Gasteiger partial charge in [-0.25, -0.2) is 9.97 Å². The second kappa shape index (κ2) is 5.78. The lowest BCUT2D eigenvalue weighted by molar-refractivity contribution is 0.110. The van der Waals surface area contributed by atoms with Crippen molar-refractivity contribution >= 4 is 21.7 Å². The molecule has 1 atom stereocenters. The molecule has 94 valence electrons. The van der Waals surface area contributed by atoms with Crippen molar-refractivity contribution in [3.05, 3.63) is 16.0 Å². The lowest BCUT2D eigenvalue weighted by Gasteiger charge is -2.11. The summed E-state index contributed by atoms with van der Waals surface area (Å²) in [4.78, 5) is 8.89. The maximum atomic E-state index is 5.89. The van der Waals surface area contributed by atoms with Gasteiger partial charge in [0.15, 0.2) is 0 Å².